The molecule has 16 heavy (non-hydrogen) atoms. The lowest BCUT2D eigenvalue weighted by Crippen LogP contribution is -2.08. The van der Waals surface area contributed by atoms with Crippen molar-refractivity contribution in [1.82, 2.24) is 0 Å². The van der Waals surface area contributed by atoms with Crippen LogP contribution in [0.2, 0.25) is 0 Å². The van der Waals surface area contributed by atoms with Crippen molar-refractivity contribution in [3.63, 3.8) is 0 Å². The third kappa shape index (κ3) is 18.8. The van der Waals surface area contributed by atoms with Gasteiger partial charge in [0.15, 0.2) is 6.29 Å². The highest BCUT2D eigenvalue weighted by atomic mass is 16.7. The SMILES string of the molecule is CCCOC(=O)OCCC.OCCC(O)O. The molecule has 0 spiro atoms. The Kier molecular flexibility index (Phi) is 15.5. The first-order valence-corrected chi connectivity index (χ1v) is 5.34. The number of aliphatic hydroxyl groups is 3. The molecule has 0 aromatic heterocycles. The highest BCUT2D eigenvalue weighted by Crippen LogP contribution is 1.88. The first kappa shape index (κ1) is 17.5. The summed E-state index contributed by atoms with van der Waals surface area (Å²) in [5, 5.41) is 23.8. The topological polar surface area (TPSA) is 96.2 Å². The summed E-state index contributed by atoms with van der Waals surface area (Å²) in [7, 11) is 0. The molecule has 6 nitrogen and oxygen atoms in total. The van der Waals surface area contributed by atoms with Gasteiger partial charge in [-0.25, -0.2) is 4.79 Å². The van der Waals surface area contributed by atoms with Crippen LogP contribution >= 0.6 is 0 Å². The summed E-state index contributed by atoms with van der Waals surface area (Å²) in [6.07, 6.45) is -0.193. The lowest BCUT2D eigenvalue weighted by molar-refractivity contribution is -0.0537. The highest BCUT2D eigenvalue weighted by Gasteiger charge is 1.99. The Morgan fingerprint density at radius 1 is 1.12 bits per heavy atom. The molecule has 0 aromatic rings. The molecule has 0 saturated carbocycles. The van der Waals surface area contributed by atoms with Gasteiger partial charge in [-0.2, -0.15) is 0 Å². The van der Waals surface area contributed by atoms with Crippen molar-refractivity contribution in [3.8, 4) is 0 Å². The molecule has 0 fully saturated rings. The van der Waals surface area contributed by atoms with Crippen LogP contribution in [0.1, 0.15) is 33.1 Å². The molecule has 3 N–H and O–H groups in total. The number of rotatable bonds is 6. The van der Waals surface area contributed by atoms with Gasteiger partial charge in [0.2, 0.25) is 0 Å². The number of hydrogen-bond donors (Lipinski definition) is 3. The number of aliphatic hydroxyl groups excluding tert-OH is 2. The maximum Gasteiger partial charge on any atom is 0.508 e. The van der Waals surface area contributed by atoms with Crippen LogP contribution in [0.5, 0.6) is 0 Å². The molecule has 98 valence electrons. The molecule has 0 aliphatic heterocycles. The summed E-state index contributed by atoms with van der Waals surface area (Å²) in [6.45, 7) is 4.60. The van der Waals surface area contributed by atoms with Crippen molar-refractivity contribution < 1.29 is 29.6 Å². The Hall–Kier alpha value is -0.850. The van der Waals surface area contributed by atoms with E-state index in [1.54, 1.807) is 0 Å². The van der Waals surface area contributed by atoms with E-state index >= 15 is 0 Å². The molecule has 6 heteroatoms. The van der Waals surface area contributed by atoms with Gasteiger partial charge in [0.1, 0.15) is 0 Å². The second-order valence-corrected chi connectivity index (χ2v) is 2.94. The van der Waals surface area contributed by atoms with Gasteiger partial charge < -0.3 is 24.8 Å². The quantitative estimate of drug-likeness (QED) is 0.464. The van der Waals surface area contributed by atoms with Crippen LogP contribution in [-0.4, -0.2) is 47.6 Å². The minimum atomic E-state index is -1.35. The molecule has 0 saturated heterocycles. The van der Waals surface area contributed by atoms with Gasteiger partial charge in [0, 0.05) is 13.0 Å². The fourth-order valence-corrected chi connectivity index (χ4v) is 0.528. The van der Waals surface area contributed by atoms with Crippen LogP contribution in [0.15, 0.2) is 0 Å². The summed E-state index contributed by atoms with van der Waals surface area (Å²) in [6, 6.07) is 0. The summed E-state index contributed by atoms with van der Waals surface area (Å²) in [5.41, 5.74) is 0. The summed E-state index contributed by atoms with van der Waals surface area (Å²) in [4.78, 5) is 10.5. The zero-order chi connectivity index (χ0) is 12.8. The molecular weight excluding hydrogens is 216 g/mol. The van der Waals surface area contributed by atoms with E-state index in [1.165, 1.54) is 0 Å². The van der Waals surface area contributed by atoms with Crippen LogP contribution in [0, 0.1) is 0 Å². The van der Waals surface area contributed by atoms with Gasteiger partial charge in [-0.05, 0) is 12.8 Å². The average molecular weight is 238 g/mol. The van der Waals surface area contributed by atoms with Gasteiger partial charge in [-0.3, -0.25) is 0 Å². The summed E-state index contributed by atoms with van der Waals surface area (Å²) < 4.78 is 9.26. The Labute approximate surface area is 95.8 Å². The zero-order valence-electron chi connectivity index (χ0n) is 9.89. The van der Waals surface area contributed by atoms with Crippen molar-refractivity contribution in [3.05, 3.63) is 0 Å². The standard InChI is InChI=1S/C7H14O3.C3H8O3/c1-3-5-9-7(8)10-6-4-2;4-2-1-3(5)6/h3-6H2,1-2H3;3-6H,1-2H2. The number of carbonyl (C=O) groups is 1. The molecule has 0 radical (unpaired) electrons. The molecule has 0 atom stereocenters. The number of ether oxygens (including phenoxy) is 2. The third-order valence-corrected chi connectivity index (χ3v) is 1.24. The largest absolute Gasteiger partial charge is 0.508 e. The van der Waals surface area contributed by atoms with Crippen LogP contribution in [0.25, 0.3) is 0 Å². The van der Waals surface area contributed by atoms with Crippen molar-refractivity contribution in [2.24, 2.45) is 0 Å². The van der Waals surface area contributed by atoms with Crippen molar-refractivity contribution in [2.75, 3.05) is 19.8 Å². The van der Waals surface area contributed by atoms with E-state index in [4.69, 9.17) is 15.3 Å². The van der Waals surface area contributed by atoms with Crippen LogP contribution < -0.4 is 0 Å². The highest BCUT2D eigenvalue weighted by molar-refractivity contribution is 5.59. The van der Waals surface area contributed by atoms with Crippen LogP contribution in [0.4, 0.5) is 4.79 Å². The smallest absolute Gasteiger partial charge is 0.434 e. The van der Waals surface area contributed by atoms with E-state index in [0.29, 0.717) is 13.2 Å². The van der Waals surface area contributed by atoms with Crippen molar-refractivity contribution in [2.45, 2.75) is 39.4 Å². The second-order valence-electron chi connectivity index (χ2n) is 2.94. The van der Waals surface area contributed by atoms with Gasteiger partial charge in [0.25, 0.3) is 0 Å². The van der Waals surface area contributed by atoms with E-state index in [1.807, 2.05) is 13.8 Å². The predicted molar refractivity (Wildman–Crippen MR) is 57.8 cm³/mol. The molecule has 0 unspecified atom stereocenters. The van der Waals surface area contributed by atoms with Gasteiger partial charge >= 0.3 is 6.16 Å². The Balaban J connectivity index is 0. The van der Waals surface area contributed by atoms with E-state index in [-0.39, 0.29) is 13.0 Å². The molecule has 0 heterocycles. The minimum Gasteiger partial charge on any atom is -0.434 e. The van der Waals surface area contributed by atoms with Gasteiger partial charge in [-0.15, -0.1) is 0 Å². The Morgan fingerprint density at radius 2 is 1.56 bits per heavy atom. The zero-order valence-corrected chi connectivity index (χ0v) is 9.89. The lowest BCUT2D eigenvalue weighted by Gasteiger charge is -2.02. The molecule has 0 amide bonds. The van der Waals surface area contributed by atoms with E-state index in [9.17, 15) is 4.79 Å². The Bertz CT molecular complexity index is 138. The normalized spacial score (nSPS) is 9.38. The fourth-order valence-electron chi connectivity index (χ4n) is 0.528. The fraction of sp³-hybridized carbons (Fsp3) is 0.900. The summed E-state index contributed by atoms with van der Waals surface area (Å²) >= 11 is 0. The first-order valence-electron chi connectivity index (χ1n) is 5.34. The van der Waals surface area contributed by atoms with Gasteiger partial charge in [-0.1, -0.05) is 13.8 Å². The summed E-state index contributed by atoms with van der Waals surface area (Å²) in [5.74, 6) is 0. The minimum absolute atomic E-state index is 0.0417. The molecule has 0 aromatic carbocycles. The van der Waals surface area contributed by atoms with E-state index in [0.717, 1.165) is 12.8 Å². The molecule has 0 aliphatic rings. The van der Waals surface area contributed by atoms with Crippen molar-refractivity contribution in [1.29, 1.82) is 0 Å². The van der Waals surface area contributed by atoms with E-state index < -0.39 is 12.4 Å². The number of hydrogen-bond acceptors (Lipinski definition) is 6. The van der Waals surface area contributed by atoms with Crippen LogP contribution in [0.3, 0.4) is 0 Å². The Morgan fingerprint density at radius 3 is 1.75 bits per heavy atom. The predicted octanol–water partition coefficient (Wildman–Crippen LogP) is 0.639. The molecule has 0 rings (SSSR count). The first-order chi connectivity index (χ1) is 7.58. The maximum absolute atomic E-state index is 10.5. The molecular formula is C10H22O6. The third-order valence-electron chi connectivity index (χ3n) is 1.24. The van der Waals surface area contributed by atoms with Crippen molar-refractivity contribution >= 4 is 6.16 Å². The van der Waals surface area contributed by atoms with Crippen LogP contribution in [-0.2, 0) is 9.47 Å². The average Bonchev–Trinajstić information content (AvgIpc) is 2.24. The lowest BCUT2D eigenvalue weighted by atomic mass is 10.5. The van der Waals surface area contributed by atoms with E-state index in [2.05, 4.69) is 9.47 Å². The molecule has 0 bridgehead atoms. The van der Waals surface area contributed by atoms with Gasteiger partial charge in [0.05, 0.1) is 13.2 Å². The maximum atomic E-state index is 10.5. The number of carbonyl (C=O) groups excluding carboxylic acids is 1. The molecule has 0 aliphatic carbocycles. The second kappa shape index (κ2) is 14.2. The monoisotopic (exact) mass is 238 g/mol.